The molecule has 0 fully saturated rings. The first-order valence-corrected chi connectivity index (χ1v) is 4.74. The minimum absolute atomic E-state index is 0.979. The van der Waals surface area contributed by atoms with Gasteiger partial charge in [0, 0.05) is 0 Å². The van der Waals surface area contributed by atoms with Gasteiger partial charge in [-0.3, -0.25) is 0 Å². The van der Waals surface area contributed by atoms with Crippen LogP contribution in [-0.4, -0.2) is 18.0 Å². The van der Waals surface area contributed by atoms with Crippen LogP contribution in [0.25, 0.3) is 0 Å². The van der Waals surface area contributed by atoms with Crippen LogP contribution in [0.2, 0.25) is 0 Å². The first kappa shape index (κ1) is 8.88. The van der Waals surface area contributed by atoms with E-state index in [4.69, 9.17) is 0 Å². The van der Waals surface area contributed by atoms with Crippen molar-refractivity contribution in [1.82, 2.24) is 0 Å². The second-order valence-electron chi connectivity index (χ2n) is 2.02. The molecule has 0 heterocycles. The van der Waals surface area contributed by atoms with Crippen LogP contribution in [0, 0.1) is 0 Å². The number of hydrogen-bond donors (Lipinski definition) is 0. The predicted octanol–water partition coefficient (Wildman–Crippen LogP) is 2.71. The Bertz CT molecular complexity index is 114. The molecule has 0 N–H and O–H groups in total. The van der Waals surface area contributed by atoms with Crippen LogP contribution in [-0.2, 0) is 0 Å². The molecule has 0 nitrogen and oxygen atoms in total. The van der Waals surface area contributed by atoms with Gasteiger partial charge in [0.1, 0.15) is 0 Å². The molecule has 0 rings (SSSR count). The van der Waals surface area contributed by atoms with Crippen molar-refractivity contribution in [2.45, 2.75) is 5.51 Å². The summed E-state index contributed by atoms with van der Waals surface area (Å²) in [5, 5.41) is 0.979. The molecule has 0 aromatic carbocycles. The van der Waals surface area contributed by atoms with E-state index in [2.05, 4.69) is 6.58 Å². The maximum Gasteiger partial charge on any atom is 0.428 e. The average Bonchev–Trinajstić information content (AvgIpc) is 1.64. The summed E-state index contributed by atoms with van der Waals surface area (Å²) in [4.78, 5) is 0. The first-order valence-electron chi connectivity index (χ1n) is 2.23. The summed E-state index contributed by atoms with van der Waals surface area (Å²) in [5.74, 6) is 0. The van der Waals surface area contributed by atoms with Crippen LogP contribution in [0.5, 0.6) is 0 Å². The van der Waals surface area contributed by atoms with E-state index in [1.165, 1.54) is 12.5 Å². The Morgan fingerprint density at radius 3 is 1.67 bits per heavy atom. The highest BCUT2D eigenvalue weighted by molar-refractivity contribution is 8.35. The average molecular weight is 158 g/mol. The third-order valence-electron chi connectivity index (χ3n) is 1.01. The molecular weight excluding hydrogens is 149 g/mol. The van der Waals surface area contributed by atoms with E-state index >= 15 is 0 Å². The molecule has 0 saturated heterocycles. The number of rotatable bonds is 1. The first-order chi connectivity index (χ1) is 3.81. The largest absolute Gasteiger partial charge is 0.428 e. The van der Waals surface area contributed by atoms with E-state index in [-0.39, 0.29) is 0 Å². The SMILES string of the molecule is C=CS(C)(C)C(F)(F)F. The predicted molar refractivity (Wildman–Crippen MR) is 35.7 cm³/mol. The molecule has 0 atom stereocenters. The fraction of sp³-hybridized carbons (Fsp3) is 0.600. The lowest BCUT2D eigenvalue weighted by atomic mass is 11.3. The van der Waals surface area contributed by atoms with Crippen molar-refractivity contribution in [2.24, 2.45) is 0 Å². The molecule has 0 spiro atoms. The zero-order valence-electron chi connectivity index (χ0n) is 5.33. The van der Waals surface area contributed by atoms with Crippen molar-refractivity contribution >= 4 is 10.0 Å². The summed E-state index contributed by atoms with van der Waals surface area (Å²) in [6.45, 7) is 3.12. The van der Waals surface area contributed by atoms with Crippen molar-refractivity contribution in [3.8, 4) is 0 Å². The third kappa shape index (κ3) is 1.93. The van der Waals surface area contributed by atoms with Gasteiger partial charge in [0.25, 0.3) is 0 Å². The zero-order valence-corrected chi connectivity index (χ0v) is 6.14. The maximum absolute atomic E-state index is 11.8. The van der Waals surface area contributed by atoms with E-state index in [1.807, 2.05) is 0 Å². The topological polar surface area (TPSA) is 0 Å². The normalized spacial score (nSPS) is 15.2. The Hall–Kier alpha value is -0.120. The Kier molecular flexibility index (Phi) is 2.22. The van der Waals surface area contributed by atoms with Crippen molar-refractivity contribution in [3.63, 3.8) is 0 Å². The van der Waals surface area contributed by atoms with Gasteiger partial charge in [0.05, 0.1) is 0 Å². The van der Waals surface area contributed by atoms with E-state index in [1.54, 1.807) is 0 Å². The smallest absolute Gasteiger partial charge is 0.161 e. The highest BCUT2D eigenvalue weighted by Crippen LogP contribution is 2.56. The van der Waals surface area contributed by atoms with Crippen LogP contribution >= 0.6 is 10.0 Å². The van der Waals surface area contributed by atoms with E-state index in [9.17, 15) is 13.2 Å². The van der Waals surface area contributed by atoms with Gasteiger partial charge in [0.15, 0.2) is 0 Å². The van der Waals surface area contributed by atoms with E-state index < -0.39 is 15.5 Å². The highest BCUT2D eigenvalue weighted by Gasteiger charge is 2.40. The Morgan fingerprint density at radius 1 is 1.33 bits per heavy atom. The lowest BCUT2D eigenvalue weighted by Crippen LogP contribution is -2.15. The summed E-state index contributed by atoms with van der Waals surface area (Å²) in [7, 11) is -2.57. The second-order valence-corrected chi connectivity index (χ2v) is 5.63. The summed E-state index contributed by atoms with van der Waals surface area (Å²) in [6.07, 6.45) is 2.33. The maximum atomic E-state index is 11.8. The fourth-order valence-corrected chi connectivity index (χ4v) is 0.283. The van der Waals surface area contributed by atoms with Crippen LogP contribution in [0.4, 0.5) is 13.2 Å². The number of alkyl halides is 3. The van der Waals surface area contributed by atoms with Gasteiger partial charge < -0.3 is 0 Å². The lowest BCUT2D eigenvalue weighted by Gasteiger charge is -2.28. The minimum Gasteiger partial charge on any atom is -0.161 e. The standard InChI is InChI=1S/C5H9F3S/c1-4-9(2,3)5(6,7)8/h4H,1H2,2-3H3. The summed E-state index contributed by atoms with van der Waals surface area (Å²) in [5.41, 5.74) is -4.09. The molecule has 0 unspecified atom stereocenters. The molecule has 0 saturated carbocycles. The Balaban J connectivity index is 4.32. The van der Waals surface area contributed by atoms with Crippen LogP contribution in [0.1, 0.15) is 0 Å². The highest BCUT2D eigenvalue weighted by atomic mass is 32.3. The number of hydrogen-bond acceptors (Lipinski definition) is 0. The van der Waals surface area contributed by atoms with Gasteiger partial charge in [0.2, 0.25) is 0 Å². The summed E-state index contributed by atoms with van der Waals surface area (Å²) in [6, 6.07) is 0. The third-order valence-corrected chi connectivity index (χ3v) is 3.04. The minimum atomic E-state index is -4.09. The molecule has 0 radical (unpaired) electrons. The van der Waals surface area contributed by atoms with Gasteiger partial charge in [-0.05, 0) is 17.9 Å². The van der Waals surface area contributed by atoms with Crippen molar-refractivity contribution < 1.29 is 13.2 Å². The second kappa shape index (κ2) is 2.25. The summed E-state index contributed by atoms with van der Waals surface area (Å²) >= 11 is 0. The molecule has 0 aliphatic carbocycles. The van der Waals surface area contributed by atoms with Gasteiger partial charge >= 0.3 is 5.51 Å². The van der Waals surface area contributed by atoms with Crippen LogP contribution < -0.4 is 0 Å². The van der Waals surface area contributed by atoms with E-state index in [0.717, 1.165) is 5.41 Å². The van der Waals surface area contributed by atoms with Gasteiger partial charge in [-0.25, -0.2) is 0 Å². The van der Waals surface area contributed by atoms with Gasteiger partial charge in [-0.2, -0.15) is 13.2 Å². The molecule has 0 aromatic rings. The van der Waals surface area contributed by atoms with Gasteiger partial charge in [-0.15, -0.1) is 10.0 Å². The monoisotopic (exact) mass is 158 g/mol. The lowest BCUT2D eigenvalue weighted by molar-refractivity contribution is -0.0365. The molecule has 56 valence electrons. The number of halogens is 3. The van der Waals surface area contributed by atoms with Crippen molar-refractivity contribution in [3.05, 3.63) is 12.0 Å². The molecule has 0 bridgehead atoms. The molecule has 0 aromatic heterocycles. The molecule has 0 aliphatic heterocycles. The van der Waals surface area contributed by atoms with Gasteiger partial charge in [-0.1, -0.05) is 6.58 Å². The molecule has 0 aliphatic rings. The quantitative estimate of drug-likeness (QED) is 0.550. The van der Waals surface area contributed by atoms with Crippen molar-refractivity contribution in [1.29, 1.82) is 0 Å². The fourth-order valence-electron chi connectivity index (χ4n) is 0.0945. The molecule has 9 heavy (non-hydrogen) atoms. The molecule has 0 amide bonds. The Labute approximate surface area is 54.1 Å². The van der Waals surface area contributed by atoms with Crippen LogP contribution in [0.15, 0.2) is 12.0 Å². The summed E-state index contributed by atoms with van der Waals surface area (Å²) < 4.78 is 35.4. The zero-order chi connectivity index (χ0) is 7.71. The van der Waals surface area contributed by atoms with Crippen LogP contribution in [0.3, 0.4) is 0 Å². The Morgan fingerprint density at radius 2 is 1.67 bits per heavy atom. The van der Waals surface area contributed by atoms with Crippen molar-refractivity contribution in [2.75, 3.05) is 12.5 Å². The molecular formula is C5H9F3S. The van der Waals surface area contributed by atoms with E-state index in [0.29, 0.717) is 0 Å². The molecule has 4 heteroatoms.